The van der Waals surface area contributed by atoms with E-state index in [-0.39, 0.29) is 35.3 Å². The van der Waals surface area contributed by atoms with E-state index in [1.54, 1.807) is 12.4 Å². The monoisotopic (exact) mass is 589 g/mol. The number of hydrogen-bond acceptors (Lipinski definition) is 8. The van der Waals surface area contributed by atoms with Crippen LogP contribution in [0.3, 0.4) is 0 Å². The van der Waals surface area contributed by atoms with E-state index in [2.05, 4.69) is 19.9 Å². The lowest BCUT2D eigenvalue weighted by Crippen LogP contribution is -2.43. The van der Waals surface area contributed by atoms with Crippen LogP contribution in [0.15, 0.2) is 55.1 Å². The van der Waals surface area contributed by atoms with Gasteiger partial charge in [-0.3, -0.25) is 4.79 Å². The van der Waals surface area contributed by atoms with Gasteiger partial charge < -0.3 is 24.1 Å². The molecular weight excluding hydrogens is 554 g/mol. The van der Waals surface area contributed by atoms with Crippen LogP contribution in [0.5, 0.6) is 5.75 Å². The number of benzene rings is 1. The minimum atomic E-state index is -2.93. The lowest BCUT2D eigenvalue weighted by Gasteiger charge is -2.34. The highest BCUT2D eigenvalue weighted by Gasteiger charge is 2.32. The fraction of sp³-hybridized carbons (Fsp3) is 0.467. The topological polar surface area (TPSA) is 124 Å². The first-order valence-electron chi connectivity index (χ1n) is 14.7. The van der Waals surface area contributed by atoms with Crippen molar-refractivity contribution < 1.29 is 17.9 Å². The number of sulfone groups is 1. The van der Waals surface area contributed by atoms with E-state index in [0.717, 1.165) is 67.1 Å². The third kappa shape index (κ3) is 5.47. The second-order valence-electron chi connectivity index (χ2n) is 11.7. The number of imidazole rings is 1. The predicted octanol–water partition coefficient (Wildman–Crippen LogP) is 3.44. The van der Waals surface area contributed by atoms with Crippen LogP contribution in [0.25, 0.3) is 16.7 Å². The van der Waals surface area contributed by atoms with Crippen LogP contribution in [0.2, 0.25) is 0 Å². The zero-order chi connectivity index (χ0) is 28.7. The standard InChI is InChI=1S/C30H35N7O4S/c38-29(36-16-15-35-14-12-31-28(35)18-36)22-4-6-23(7-5-22)33-30-32-11-8-27(34-30)37-13-9-24-25(37)2-1-3-26(24)41-19-21-10-17-42(39,40)20-21/h1-3,8-9,11-14,21-23H,4-7,10,15-20H2,(H,32,33,34). The lowest BCUT2D eigenvalue weighted by molar-refractivity contribution is -0.138. The number of fused-ring (bicyclic) bond motifs is 2. The Hall–Kier alpha value is -3.93. The number of nitrogens with one attached hydrogen (secondary N) is 1. The molecule has 0 bridgehead atoms. The molecule has 1 atom stereocenters. The molecule has 42 heavy (non-hydrogen) atoms. The second-order valence-corrected chi connectivity index (χ2v) is 13.9. The molecular formula is C30H35N7O4S. The molecule has 1 amide bonds. The number of nitrogens with zero attached hydrogens (tertiary/aromatic N) is 6. The normalized spacial score (nSPS) is 23.5. The van der Waals surface area contributed by atoms with E-state index in [9.17, 15) is 13.2 Å². The summed E-state index contributed by atoms with van der Waals surface area (Å²) in [5, 5.41) is 4.45. The molecule has 1 saturated heterocycles. The van der Waals surface area contributed by atoms with Crippen molar-refractivity contribution in [3.8, 4) is 11.6 Å². The number of amides is 1. The summed E-state index contributed by atoms with van der Waals surface area (Å²) in [6, 6.07) is 9.97. The van der Waals surface area contributed by atoms with E-state index < -0.39 is 9.84 Å². The maximum absolute atomic E-state index is 13.2. The van der Waals surface area contributed by atoms with Gasteiger partial charge in [0.05, 0.1) is 30.2 Å². The maximum atomic E-state index is 13.2. The molecule has 1 saturated carbocycles. The van der Waals surface area contributed by atoms with Gasteiger partial charge in [0.1, 0.15) is 17.4 Å². The largest absolute Gasteiger partial charge is 0.493 e. The molecule has 220 valence electrons. The van der Waals surface area contributed by atoms with Crippen molar-refractivity contribution in [1.29, 1.82) is 0 Å². The molecule has 1 N–H and O–H groups in total. The molecule has 1 aliphatic carbocycles. The van der Waals surface area contributed by atoms with Gasteiger partial charge in [-0.1, -0.05) is 6.07 Å². The van der Waals surface area contributed by atoms with Crippen molar-refractivity contribution in [2.75, 3.05) is 30.0 Å². The fourth-order valence-electron chi connectivity index (χ4n) is 6.52. The van der Waals surface area contributed by atoms with E-state index in [1.165, 1.54) is 0 Å². The maximum Gasteiger partial charge on any atom is 0.226 e. The molecule has 2 aliphatic heterocycles. The molecule has 7 rings (SSSR count). The van der Waals surface area contributed by atoms with Gasteiger partial charge in [0, 0.05) is 61.1 Å². The van der Waals surface area contributed by atoms with E-state index in [1.807, 2.05) is 52.2 Å². The highest BCUT2D eigenvalue weighted by atomic mass is 32.2. The van der Waals surface area contributed by atoms with E-state index in [0.29, 0.717) is 25.5 Å². The van der Waals surface area contributed by atoms with Gasteiger partial charge in [-0.2, -0.15) is 4.98 Å². The number of aromatic nitrogens is 5. The van der Waals surface area contributed by atoms with Crippen LogP contribution in [0.1, 0.15) is 37.9 Å². The van der Waals surface area contributed by atoms with Crippen molar-refractivity contribution in [1.82, 2.24) is 29.0 Å². The zero-order valence-corrected chi connectivity index (χ0v) is 24.2. The Morgan fingerprint density at radius 1 is 1.00 bits per heavy atom. The Balaban J connectivity index is 0.977. The Morgan fingerprint density at radius 3 is 2.71 bits per heavy atom. The summed E-state index contributed by atoms with van der Waals surface area (Å²) >= 11 is 0. The second kappa shape index (κ2) is 11.0. The number of ether oxygens (including phenoxy) is 1. The van der Waals surface area contributed by atoms with Gasteiger partial charge in [0.25, 0.3) is 0 Å². The number of hydrogen-bond donors (Lipinski definition) is 1. The van der Waals surface area contributed by atoms with Crippen LogP contribution >= 0.6 is 0 Å². The first-order valence-corrected chi connectivity index (χ1v) is 16.6. The SMILES string of the molecule is O=C(C1CCC(Nc2nccc(-n3ccc4c(OCC5CCS(=O)(=O)C5)cccc43)n2)CC1)N1CCn2ccnc2C1. The van der Waals surface area contributed by atoms with Gasteiger partial charge in [-0.15, -0.1) is 0 Å². The summed E-state index contributed by atoms with van der Waals surface area (Å²) in [4.78, 5) is 28.8. The molecule has 0 spiro atoms. The van der Waals surface area contributed by atoms with Crippen LogP contribution < -0.4 is 10.1 Å². The van der Waals surface area contributed by atoms with Gasteiger partial charge in [-0.05, 0) is 56.4 Å². The molecule has 4 aromatic rings. The zero-order valence-electron chi connectivity index (χ0n) is 23.4. The smallest absolute Gasteiger partial charge is 0.226 e. The van der Waals surface area contributed by atoms with Crippen molar-refractivity contribution >= 4 is 32.6 Å². The summed E-state index contributed by atoms with van der Waals surface area (Å²) in [6.07, 6.45) is 11.6. The van der Waals surface area contributed by atoms with Gasteiger partial charge in [0.2, 0.25) is 11.9 Å². The Labute approximate surface area is 244 Å². The van der Waals surface area contributed by atoms with Gasteiger partial charge in [-0.25, -0.2) is 18.4 Å². The summed E-state index contributed by atoms with van der Waals surface area (Å²) in [5.41, 5.74) is 0.954. The fourth-order valence-corrected chi connectivity index (χ4v) is 8.36. The first-order chi connectivity index (χ1) is 20.4. The highest BCUT2D eigenvalue weighted by Crippen LogP contribution is 2.31. The number of carbonyl (C=O) groups is 1. The van der Waals surface area contributed by atoms with Crippen molar-refractivity contribution in [2.45, 2.75) is 51.2 Å². The molecule has 0 radical (unpaired) electrons. The quantitative estimate of drug-likeness (QED) is 0.348. The van der Waals surface area contributed by atoms with Crippen molar-refractivity contribution in [3.05, 3.63) is 60.9 Å². The minimum Gasteiger partial charge on any atom is -0.493 e. The third-order valence-electron chi connectivity index (χ3n) is 8.85. The highest BCUT2D eigenvalue weighted by molar-refractivity contribution is 7.91. The van der Waals surface area contributed by atoms with Crippen LogP contribution in [0.4, 0.5) is 5.95 Å². The van der Waals surface area contributed by atoms with Gasteiger partial charge >= 0.3 is 0 Å². The molecule has 1 aromatic carbocycles. The summed E-state index contributed by atoms with van der Waals surface area (Å²) in [6.45, 7) is 2.54. The third-order valence-corrected chi connectivity index (χ3v) is 10.7. The molecule has 11 nitrogen and oxygen atoms in total. The summed E-state index contributed by atoms with van der Waals surface area (Å²) < 4.78 is 33.8. The summed E-state index contributed by atoms with van der Waals surface area (Å²) in [7, 11) is -2.93. The van der Waals surface area contributed by atoms with Crippen LogP contribution in [-0.2, 0) is 27.7 Å². The Bertz CT molecular complexity index is 1710. The van der Waals surface area contributed by atoms with Crippen molar-refractivity contribution in [2.24, 2.45) is 11.8 Å². The first kappa shape index (κ1) is 26.9. The molecule has 5 heterocycles. The molecule has 12 heteroatoms. The molecule has 3 aromatic heterocycles. The Morgan fingerprint density at radius 2 is 1.88 bits per heavy atom. The average Bonchev–Trinajstić information content (AvgIpc) is 3.74. The number of rotatable bonds is 7. The number of anilines is 1. The van der Waals surface area contributed by atoms with Gasteiger partial charge in [0.15, 0.2) is 9.84 Å². The van der Waals surface area contributed by atoms with Crippen LogP contribution in [0, 0.1) is 11.8 Å². The predicted molar refractivity (Wildman–Crippen MR) is 158 cm³/mol. The number of carbonyl (C=O) groups excluding carboxylic acids is 1. The van der Waals surface area contributed by atoms with Crippen LogP contribution in [-0.4, -0.2) is 74.0 Å². The average molecular weight is 590 g/mol. The van der Waals surface area contributed by atoms with Crippen molar-refractivity contribution in [3.63, 3.8) is 0 Å². The van der Waals surface area contributed by atoms with E-state index >= 15 is 0 Å². The van der Waals surface area contributed by atoms with E-state index in [4.69, 9.17) is 9.72 Å². The molecule has 3 aliphatic rings. The molecule has 1 unspecified atom stereocenters. The summed E-state index contributed by atoms with van der Waals surface area (Å²) in [5.74, 6) is 3.80. The Kier molecular flexibility index (Phi) is 7.09. The molecule has 2 fully saturated rings. The lowest BCUT2D eigenvalue weighted by atomic mass is 9.85. The minimum absolute atomic E-state index is 0.0335.